The van der Waals surface area contributed by atoms with Crippen molar-refractivity contribution in [3.05, 3.63) is 42.7 Å². The quantitative estimate of drug-likeness (QED) is 0.384. The van der Waals surface area contributed by atoms with Crippen LogP contribution < -0.4 is 19.1 Å². The highest BCUT2D eigenvalue weighted by Crippen LogP contribution is 2.36. The van der Waals surface area contributed by atoms with Gasteiger partial charge in [0.2, 0.25) is 5.75 Å². The van der Waals surface area contributed by atoms with Crippen molar-refractivity contribution in [3.63, 3.8) is 0 Å². The number of rotatable bonds is 5. The first-order chi connectivity index (χ1) is 18.8. The molecule has 1 aromatic carbocycles. The third kappa shape index (κ3) is 15.9. The van der Waals surface area contributed by atoms with Gasteiger partial charge >= 0.3 is 0 Å². The second-order valence-electron chi connectivity index (χ2n) is 13.3. The van der Waals surface area contributed by atoms with E-state index >= 15 is 0 Å². The summed E-state index contributed by atoms with van der Waals surface area (Å²) in [5, 5.41) is 0. The van der Waals surface area contributed by atoms with Gasteiger partial charge in [0.1, 0.15) is 0 Å². The van der Waals surface area contributed by atoms with E-state index in [1.807, 2.05) is 36.7 Å². The number of ether oxygens (including phenoxy) is 4. The van der Waals surface area contributed by atoms with Crippen molar-refractivity contribution in [2.45, 2.75) is 74.3 Å². The maximum Gasteiger partial charge on any atom is 0.203 e. The number of benzene rings is 1. The summed E-state index contributed by atoms with van der Waals surface area (Å²) in [4.78, 5) is 9.26. The van der Waals surface area contributed by atoms with Crippen molar-refractivity contribution in [2.24, 2.45) is 10.8 Å². The minimum atomic E-state index is 0.500. The summed E-state index contributed by atoms with van der Waals surface area (Å²) >= 11 is 0. The number of para-hydroxylation sites is 1. The zero-order valence-corrected chi connectivity index (χ0v) is 27.3. The monoisotopic (exact) mass is 559 g/mol. The molecule has 0 aliphatic carbocycles. The largest absolute Gasteiger partial charge is 0.493 e. The highest BCUT2D eigenvalue weighted by molar-refractivity contribution is 5.50. The summed E-state index contributed by atoms with van der Waals surface area (Å²) in [6.07, 6.45) is 6.20. The number of methoxy groups -OCH3 is 3. The Kier molecular flexibility index (Phi) is 16.0. The van der Waals surface area contributed by atoms with Crippen LogP contribution in [0.25, 0.3) is 0 Å². The van der Waals surface area contributed by atoms with Crippen molar-refractivity contribution >= 4 is 5.69 Å². The van der Waals surface area contributed by atoms with Crippen LogP contribution in [0, 0.1) is 10.8 Å². The van der Waals surface area contributed by atoms with E-state index in [0.717, 1.165) is 32.3 Å². The molecule has 2 fully saturated rings. The maximum atomic E-state index is 5.44. The van der Waals surface area contributed by atoms with Crippen molar-refractivity contribution < 1.29 is 18.9 Å². The third-order valence-corrected chi connectivity index (χ3v) is 5.62. The average molecular weight is 560 g/mol. The van der Waals surface area contributed by atoms with Gasteiger partial charge in [-0.1, -0.05) is 61.5 Å². The Labute approximate surface area is 245 Å². The van der Waals surface area contributed by atoms with Crippen molar-refractivity contribution in [3.8, 4) is 17.2 Å². The zero-order chi connectivity index (χ0) is 30.2. The molecule has 0 bridgehead atoms. The summed E-state index contributed by atoms with van der Waals surface area (Å²) in [6, 6.07) is 10.4. The Morgan fingerprint density at radius 2 is 1.23 bits per heavy atom. The number of hydrogen-bond donors (Lipinski definition) is 0. The summed E-state index contributed by atoms with van der Waals surface area (Å²) in [5.74, 6) is 1.98. The lowest BCUT2D eigenvalue weighted by Crippen LogP contribution is -2.51. The molecule has 1 aromatic heterocycles. The lowest BCUT2D eigenvalue weighted by atomic mass is 10.0. The molecule has 228 valence electrons. The SMILES string of the molecule is CC(C)(C)C.CC(C)(C)C.COc1cccc(OC)c1OC.c1cncc(N2CCN(C3CCOCC3)CC2)c1. The molecule has 0 saturated carbocycles. The van der Waals surface area contributed by atoms with Gasteiger partial charge in [-0.3, -0.25) is 9.88 Å². The predicted octanol–water partition coefficient (Wildman–Crippen LogP) is 7.20. The number of hydrogen-bond acceptors (Lipinski definition) is 7. The van der Waals surface area contributed by atoms with Gasteiger partial charge in [-0.05, 0) is 47.9 Å². The molecular weight excluding hydrogens is 502 g/mol. The van der Waals surface area contributed by atoms with Gasteiger partial charge in [-0.25, -0.2) is 0 Å². The smallest absolute Gasteiger partial charge is 0.203 e. The molecular formula is C33H57N3O4. The number of aromatic nitrogens is 1. The van der Waals surface area contributed by atoms with E-state index in [4.69, 9.17) is 18.9 Å². The lowest BCUT2D eigenvalue weighted by molar-refractivity contribution is 0.0321. The van der Waals surface area contributed by atoms with Crippen LogP contribution >= 0.6 is 0 Å². The Morgan fingerprint density at radius 1 is 0.725 bits per heavy atom. The summed E-state index contributed by atoms with van der Waals surface area (Å²) in [5.41, 5.74) is 2.25. The zero-order valence-electron chi connectivity index (χ0n) is 27.3. The van der Waals surface area contributed by atoms with Crippen molar-refractivity contribution in [2.75, 3.05) is 65.6 Å². The second kappa shape index (κ2) is 18.0. The molecule has 0 atom stereocenters. The highest BCUT2D eigenvalue weighted by Gasteiger charge is 2.25. The van der Waals surface area contributed by atoms with E-state index in [0.29, 0.717) is 28.1 Å². The predicted molar refractivity (Wildman–Crippen MR) is 168 cm³/mol. The molecule has 0 amide bonds. The normalized spacial score (nSPS) is 16.2. The van der Waals surface area contributed by atoms with E-state index in [-0.39, 0.29) is 0 Å². The van der Waals surface area contributed by atoms with Gasteiger partial charge in [-0.2, -0.15) is 0 Å². The van der Waals surface area contributed by atoms with Gasteiger partial charge in [0.15, 0.2) is 11.5 Å². The van der Waals surface area contributed by atoms with Crippen LogP contribution in [0.4, 0.5) is 5.69 Å². The fraction of sp³-hybridized carbons (Fsp3) is 0.667. The van der Waals surface area contributed by atoms with Crippen LogP contribution in [-0.2, 0) is 4.74 Å². The third-order valence-electron chi connectivity index (χ3n) is 5.62. The molecule has 0 radical (unpaired) electrons. The van der Waals surface area contributed by atoms with E-state index in [1.165, 1.54) is 31.6 Å². The second-order valence-corrected chi connectivity index (χ2v) is 13.3. The van der Waals surface area contributed by atoms with Gasteiger partial charge in [-0.15, -0.1) is 0 Å². The molecule has 40 heavy (non-hydrogen) atoms. The van der Waals surface area contributed by atoms with Crippen LogP contribution in [0.2, 0.25) is 0 Å². The number of anilines is 1. The fourth-order valence-electron chi connectivity index (χ4n) is 3.95. The first kappa shape index (κ1) is 35.5. The summed E-state index contributed by atoms with van der Waals surface area (Å²) in [6.45, 7) is 23.9. The molecule has 3 heterocycles. The van der Waals surface area contributed by atoms with E-state index in [1.54, 1.807) is 21.3 Å². The number of nitrogens with zero attached hydrogens (tertiary/aromatic N) is 3. The molecule has 4 rings (SSSR count). The average Bonchev–Trinajstić information content (AvgIpc) is 2.92. The topological polar surface area (TPSA) is 56.3 Å². The molecule has 0 spiro atoms. The molecule has 2 saturated heterocycles. The van der Waals surface area contributed by atoms with Gasteiger partial charge in [0.05, 0.1) is 33.2 Å². The van der Waals surface area contributed by atoms with Crippen LogP contribution in [0.5, 0.6) is 17.2 Å². The fourth-order valence-corrected chi connectivity index (χ4v) is 3.95. The Hall–Kier alpha value is -2.51. The van der Waals surface area contributed by atoms with Crippen LogP contribution in [0.3, 0.4) is 0 Å². The number of piperazine rings is 1. The summed E-state index contributed by atoms with van der Waals surface area (Å²) < 4.78 is 20.7. The van der Waals surface area contributed by atoms with Crippen molar-refractivity contribution in [1.29, 1.82) is 0 Å². The van der Waals surface area contributed by atoms with Crippen molar-refractivity contribution in [1.82, 2.24) is 9.88 Å². The molecule has 7 nitrogen and oxygen atoms in total. The Bertz CT molecular complexity index is 865. The highest BCUT2D eigenvalue weighted by atomic mass is 16.5. The standard InChI is InChI=1S/C14H21N3O.C9H12O3.2C5H12/c1-2-14(12-15-5-1)17-8-6-16(7-9-17)13-3-10-18-11-4-13;1-10-7-5-4-6-8(11-2)9(7)12-3;2*1-5(2,3)4/h1-2,5,12-13H,3-4,6-11H2;4-6H,1-3H3;2*1-4H3. The van der Waals surface area contributed by atoms with Crippen LogP contribution in [0.15, 0.2) is 42.7 Å². The number of pyridine rings is 1. The van der Waals surface area contributed by atoms with Gasteiger partial charge in [0, 0.05) is 51.6 Å². The van der Waals surface area contributed by atoms with Gasteiger partial charge < -0.3 is 23.8 Å². The van der Waals surface area contributed by atoms with E-state index in [2.05, 4.69) is 76.2 Å². The summed E-state index contributed by atoms with van der Waals surface area (Å²) in [7, 11) is 4.77. The van der Waals surface area contributed by atoms with Crippen LogP contribution in [-0.4, -0.2) is 76.6 Å². The molecule has 7 heteroatoms. The molecule has 2 aliphatic heterocycles. The molecule has 0 unspecified atom stereocenters. The molecule has 0 N–H and O–H groups in total. The molecule has 2 aliphatic rings. The minimum Gasteiger partial charge on any atom is -0.493 e. The Morgan fingerprint density at radius 3 is 1.62 bits per heavy atom. The van der Waals surface area contributed by atoms with E-state index in [9.17, 15) is 0 Å². The maximum absolute atomic E-state index is 5.44. The van der Waals surface area contributed by atoms with Gasteiger partial charge in [0.25, 0.3) is 0 Å². The first-order valence-electron chi connectivity index (χ1n) is 14.5. The van der Waals surface area contributed by atoms with Crippen LogP contribution in [0.1, 0.15) is 68.2 Å². The molecule has 2 aromatic rings. The lowest BCUT2D eigenvalue weighted by Gasteiger charge is -2.41. The first-order valence-corrected chi connectivity index (χ1v) is 14.5. The minimum absolute atomic E-state index is 0.500. The van der Waals surface area contributed by atoms with E-state index < -0.39 is 0 Å². The Balaban J connectivity index is 0.000000313.